The van der Waals surface area contributed by atoms with Gasteiger partial charge in [-0.2, -0.15) is 5.10 Å². The van der Waals surface area contributed by atoms with E-state index in [-0.39, 0.29) is 11.8 Å². The fourth-order valence-corrected chi connectivity index (χ4v) is 2.61. The lowest BCUT2D eigenvalue weighted by Crippen LogP contribution is -2.28. The van der Waals surface area contributed by atoms with Crippen molar-refractivity contribution in [2.75, 3.05) is 11.9 Å². The molecule has 1 amide bonds. The number of nitrogens with zero attached hydrogens (tertiary/aromatic N) is 3. The van der Waals surface area contributed by atoms with Crippen LogP contribution in [0, 0.1) is 12.8 Å². The van der Waals surface area contributed by atoms with Crippen molar-refractivity contribution >= 4 is 11.6 Å². The van der Waals surface area contributed by atoms with Crippen LogP contribution in [0.15, 0.2) is 36.7 Å². The molecular weight excluding hydrogens is 250 g/mol. The van der Waals surface area contributed by atoms with Gasteiger partial charge < -0.3 is 4.90 Å². The summed E-state index contributed by atoms with van der Waals surface area (Å²) in [7, 11) is 3.76. The Bertz CT molecular complexity index is 629. The summed E-state index contributed by atoms with van der Waals surface area (Å²) in [6.45, 7) is 2.05. The Morgan fingerprint density at radius 1 is 1.35 bits per heavy atom. The van der Waals surface area contributed by atoms with Crippen LogP contribution in [0.3, 0.4) is 0 Å². The molecule has 0 unspecified atom stereocenters. The lowest BCUT2D eigenvalue weighted by molar-refractivity contribution is -0.119. The topological polar surface area (TPSA) is 38.1 Å². The second kappa shape index (κ2) is 4.78. The summed E-state index contributed by atoms with van der Waals surface area (Å²) in [6.07, 6.45) is 4.80. The van der Waals surface area contributed by atoms with Gasteiger partial charge in [-0.25, -0.2) is 0 Å². The molecule has 3 rings (SSSR count). The van der Waals surface area contributed by atoms with E-state index >= 15 is 0 Å². The number of carbonyl (C=O) groups excluding carboxylic acids is 1. The van der Waals surface area contributed by atoms with E-state index < -0.39 is 0 Å². The molecule has 1 aliphatic carbocycles. The first-order valence-corrected chi connectivity index (χ1v) is 6.89. The Balaban J connectivity index is 1.70. The molecule has 20 heavy (non-hydrogen) atoms. The largest absolute Gasteiger partial charge is 0.315 e. The number of anilines is 1. The van der Waals surface area contributed by atoms with Gasteiger partial charge in [0.15, 0.2) is 0 Å². The van der Waals surface area contributed by atoms with Gasteiger partial charge in [0.25, 0.3) is 0 Å². The van der Waals surface area contributed by atoms with Gasteiger partial charge in [-0.1, -0.05) is 17.7 Å². The zero-order valence-corrected chi connectivity index (χ0v) is 12.1. The summed E-state index contributed by atoms with van der Waals surface area (Å²) in [5, 5.41) is 4.18. The van der Waals surface area contributed by atoms with Crippen LogP contribution >= 0.6 is 0 Å². The Kier molecular flexibility index (Phi) is 3.08. The van der Waals surface area contributed by atoms with Gasteiger partial charge in [0.05, 0.1) is 6.20 Å². The maximum absolute atomic E-state index is 12.5. The normalized spacial score (nSPS) is 20.8. The molecule has 104 valence electrons. The monoisotopic (exact) mass is 269 g/mol. The van der Waals surface area contributed by atoms with E-state index in [1.54, 1.807) is 9.58 Å². The van der Waals surface area contributed by atoms with Crippen LogP contribution in [0.1, 0.15) is 23.5 Å². The van der Waals surface area contributed by atoms with Crippen molar-refractivity contribution in [2.24, 2.45) is 13.0 Å². The molecule has 4 heteroatoms. The SMILES string of the molecule is Cc1ccc(N(C)C(=O)[C@H]2C[C@H]2c2cnn(C)c2)cc1. The summed E-state index contributed by atoms with van der Waals surface area (Å²) in [4.78, 5) is 14.2. The van der Waals surface area contributed by atoms with E-state index in [0.29, 0.717) is 5.92 Å². The highest BCUT2D eigenvalue weighted by Crippen LogP contribution is 2.48. The third-order valence-electron chi connectivity index (χ3n) is 4.01. The average molecular weight is 269 g/mol. The fourth-order valence-electron chi connectivity index (χ4n) is 2.61. The van der Waals surface area contributed by atoms with Crippen molar-refractivity contribution in [1.82, 2.24) is 9.78 Å². The van der Waals surface area contributed by atoms with Crippen LogP contribution in [0.2, 0.25) is 0 Å². The summed E-state index contributed by atoms with van der Waals surface area (Å²) in [5.41, 5.74) is 3.33. The lowest BCUT2D eigenvalue weighted by atomic mass is 10.1. The third-order valence-corrected chi connectivity index (χ3v) is 4.01. The first-order valence-electron chi connectivity index (χ1n) is 6.89. The fraction of sp³-hybridized carbons (Fsp3) is 0.375. The number of hydrogen-bond acceptors (Lipinski definition) is 2. The van der Waals surface area contributed by atoms with Crippen LogP contribution in [-0.2, 0) is 11.8 Å². The van der Waals surface area contributed by atoms with Crippen molar-refractivity contribution in [2.45, 2.75) is 19.3 Å². The van der Waals surface area contributed by atoms with Crippen molar-refractivity contribution < 1.29 is 4.79 Å². The molecule has 0 aliphatic heterocycles. The number of carbonyl (C=O) groups is 1. The van der Waals surface area contributed by atoms with E-state index in [1.807, 2.05) is 57.7 Å². The van der Waals surface area contributed by atoms with Crippen LogP contribution in [0.5, 0.6) is 0 Å². The minimum Gasteiger partial charge on any atom is -0.315 e. The predicted octanol–water partition coefficient (Wildman–Crippen LogP) is 2.50. The standard InChI is InChI=1S/C16H19N3O/c1-11-4-6-13(7-5-11)19(3)16(20)15-8-14(15)12-9-17-18(2)10-12/h4-7,9-10,14-15H,8H2,1-3H3/t14-,15-/m0/s1. The Morgan fingerprint density at radius 2 is 2.05 bits per heavy atom. The molecule has 4 nitrogen and oxygen atoms in total. The number of aromatic nitrogens is 2. The quantitative estimate of drug-likeness (QED) is 0.858. The second-order valence-electron chi connectivity index (χ2n) is 5.63. The van der Waals surface area contributed by atoms with E-state index in [0.717, 1.165) is 12.1 Å². The van der Waals surface area contributed by atoms with Crippen LogP contribution in [0.4, 0.5) is 5.69 Å². The molecule has 0 N–H and O–H groups in total. The number of benzene rings is 1. The van der Waals surface area contributed by atoms with Gasteiger partial charge in [0, 0.05) is 31.9 Å². The highest BCUT2D eigenvalue weighted by atomic mass is 16.2. The third kappa shape index (κ3) is 2.33. The molecule has 2 aromatic rings. The summed E-state index contributed by atoms with van der Waals surface area (Å²) < 4.78 is 1.79. The zero-order valence-electron chi connectivity index (χ0n) is 12.1. The molecule has 2 atom stereocenters. The summed E-state index contributed by atoms with van der Waals surface area (Å²) in [5.74, 6) is 0.636. The summed E-state index contributed by atoms with van der Waals surface area (Å²) in [6, 6.07) is 8.05. The van der Waals surface area contributed by atoms with Crippen molar-refractivity contribution in [1.29, 1.82) is 0 Å². The molecule has 1 aliphatic rings. The Labute approximate surface area is 119 Å². The van der Waals surface area contributed by atoms with Gasteiger partial charge in [-0.05, 0) is 37.0 Å². The minimum absolute atomic E-state index is 0.102. The van der Waals surface area contributed by atoms with Gasteiger partial charge in [-0.15, -0.1) is 0 Å². The van der Waals surface area contributed by atoms with Crippen LogP contribution < -0.4 is 4.90 Å². The van der Waals surface area contributed by atoms with E-state index in [4.69, 9.17) is 0 Å². The molecule has 0 saturated heterocycles. The van der Waals surface area contributed by atoms with Gasteiger partial charge >= 0.3 is 0 Å². The molecule has 1 saturated carbocycles. The lowest BCUT2D eigenvalue weighted by Gasteiger charge is -2.17. The molecule has 0 bridgehead atoms. The Morgan fingerprint density at radius 3 is 2.65 bits per heavy atom. The van der Waals surface area contributed by atoms with Crippen molar-refractivity contribution in [3.8, 4) is 0 Å². The van der Waals surface area contributed by atoms with Gasteiger partial charge in [0.1, 0.15) is 0 Å². The molecule has 0 spiro atoms. The van der Waals surface area contributed by atoms with Gasteiger partial charge in [0.2, 0.25) is 5.91 Å². The Hall–Kier alpha value is -2.10. The molecule has 0 radical (unpaired) electrons. The summed E-state index contributed by atoms with van der Waals surface area (Å²) >= 11 is 0. The first-order chi connectivity index (χ1) is 9.56. The number of amides is 1. The molecule has 1 aromatic carbocycles. The molecular formula is C16H19N3O. The van der Waals surface area contributed by atoms with Crippen molar-refractivity contribution in [3.63, 3.8) is 0 Å². The maximum atomic E-state index is 12.5. The molecule has 1 heterocycles. The highest BCUT2D eigenvalue weighted by Gasteiger charge is 2.45. The van der Waals surface area contributed by atoms with E-state index in [9.17, 15) is 4.79 Å². The highest BCUT2D eigenvalue weighted by molar-refractivity contribution is 5.97. The minimum atomic E-state index is 0.102. The molecule has 1 fully saturated rings. The van der Waals surface area contributed by atoms with E-state index in [2.05, 4.69) is 5.10 Å². The van der Waals surface area contributed by atoms with Crippen LogP contribution in [-0.4, -0.2) is 22.7 Å². The first kappa shape index (κ1) is 12.9. The van der Waals surface area contributed by atoms with Gasteiger partial charge in [-0.3, -0.25) is 9.48 Å². The number of hydrogen-bond donors (Lipinski definition) is 0. The van der Waals surface area contributed by atoms with E-state index in [1.165, 1.54) is 11.1 Å². The number of aryl methyl sites for hydroxylation is 2. The van der Waals surface area contributed by atoms with Crippen molar-refractivity contribution in [3.05, 3.63) is 47.8 Å². The predicted molar refractivity (Wildman–Crippen MR) is 78.6 cm³/mol. The maximum Gasteiger partial charge on any atom is 0.230 e. The smallest absolute Gasteiger partial charge is 0.230 e. The second-order valence-corrected chi connectivity index (χ2v) is 5.63. The zero-order chi connectivity index (χ0) is 14.3. The average Bonchev–Trinajstić information content (AvgIpc) is 3.13. The number of rotatable bonds is 3. The van der Waals surface area contributed by atoms with Crippen LogP contribution in [0.25, 0.3) is 0 Å². The molecule has 1 aromatic heterocycles.